The van der Waals surface area contributed by atoms with Crippen molar-refractivity contribution in [3.8, 4) is 0 Å². The minimum Gasteiger partial charge on any atom is -0.212 e. The lowest BCUT2D eigenvalue weighted by Crippen LogP contribution is -1.98. The van der Waals surface area contributed by atoms with E-state index in [4.69, 9.17) is 0 Å². The molecule has 0 saturated carbocycles. The molecule has 0 amide bonds. The van der Waals surface area contributed by atoms with Crippen LogP contribution in [0.5, 0.6) is 0 Å². The van der Waals surface area contributed by atoms with Gasteiger partial charge in [-0.1, -0.05) is 18.2 Å². The Morgan fingerprint density at radius 2 is 1.69 bits per heavy atom. The van der Waals surface area contributed by atoms with Crippen molar-refractivity contribution in [1.29, 1.82) is 0 Å². The Hall–Kier alpha value is -0.620. The van der Waals surface area contributed by atoms with Crippen molar-refractivity contribution in [3.63, 3.8) is 0 Å². The molecule has 1 rings (SSSR count). The summed E-state index contributed by atoms with van der Waals surface area (Å²) in [6.45, 7) is 0. The zero-order valence-corrected chi connectivity index (χ0v) is 7.99. The van der Waals surface area contributed by atoms with Crippen molar-refractivity contribution >= 4 is 19.7 Å². The number of hydrogen-bond donors (Lipinski definition) is 0. The molecule has 0 aliphatic heterocycles. The molecule has 0 saturated heterocycles. The number of halogens is 2. The van der Waals surface area contributed by atoms with E-state index in [1.165, 1.54) is 24.3 Å². The third-order valence-electron chi connectivity index (χ3n) is 1.23. The first kappa shape index (κ1) is 10.5. The van der Waals surface area contributed by atoms with E-state index in [-0.39, 0.29) is 15.7 Å². The molecule has 0 aromatic heterocycles. The fraction of sp³-hybridized carbons (Fsp3) is 0.143. The average molecular weight is 224 g/mol. The van der Waals surface area contributed by atoms with Gasteiger partial charge in [0.05, 0.1) is 4.90 Å². The van der Waals surface area contributed by atoms with E-state index in [1.54, 1.807) is 6.07 Å². The number of alkyl halides is 2. The van der Waals surface area contributed by atoms with Crippen LogP contribution in [0, 0.1) is 0 Å². The molecule has 0 unspecified atom stereocenters. The van der Waals surface area contributed by atoms with Gasteiger partial charge in [-0.3, -0.25) is 0 Å². The lowest BCUT2D eigenvalue weighted by atomic mass is 10.4. The summed E-state index contributed by atoms with van der Waals surface area (Å²) in [5.41, 5.74) is 0. The molecule has 72 valence electrons. The quantitative estimate of drug-likeness (QED) is 0.739. The molecule has 0 spiro atoms. The predicted octanol–water partition coefficient (Wildman–Crippen LogP) is 2.33. The van der Waals surface area contributed by atoms with Crippen LogP contribution in [0.25, 0.3) is 0 Å². The molecule has 0 aliphatic carbocycles. The molecule has 6 heteroatoms. The van der Waals surface area contributed by atoms with Gasteiger partial charge in [0.15, 0.2) is 0 Å². The van der Waals surface area contributed by atoms with Crippen LogP contribution in [0.1, 0.15) is 0 Å². The molecule has 0 radical (unpaired) electrons. The fourth-order valence-corrected chi connectivity index (χ4v) is 2.77. The molecule has 0 aliphatic rings. The normalized spacial score (nSPS) is 11.9. The molecule has 0 fully saturated rings. The molecule has 2 nitrogen and oxygen atoms in total. The molecule has 1 aromatic rings. The van der Waals surface area contributed by atoms with Crippen molar-refractivity contribution in [2.75, 3.05) is 0 Å². The van der Waals surface area contributed by atoms with E-state index in [1.807, 2.05) is 0 Å². The smallest absolute Gasteiger partial charge is 0.212 e. The van der Waals surface area contributed by atoms with Crippen molar-refractivity contribution < 1.29 is 17.2 Å². The lowest BCUT2D eigenvalue weighted by molar-refractivity contribution is 0.254. The second-order valence-corrected chi connectivity index (χ2v) is 5.95. The van der Waals surface area contributed by atoms with E-state index in [9.17, 15) is 17.2 Å². The molecule has 13 heavy (non-hydrogen) atoms. The first-order valence-corrected chi connectivity index (χ1v) is 6.17. The first-order valence-electron chi connectivity index (χ1n) is 3.29. The summed E-state index contributed by atoms with van der Waals surface area (Å²) >= 11 is 0. The van der Waals surface area contributed by atoms with Gasteiger partial charge in [0.2, 0.25) is 8.87 Å². The summed E-state index contributed by atoms with van der Waals surface area (Å²) in [4.78, 5) is -0.0969. The van der Waals surface area contributed by atoms with Crippen molar-refractivity contribution in [1.82, 2.24) is 0 Å². The molecule has 0 atom stereocenters. The van der Waals surface area contributed by atoms with Gasteiger partial charge in [0, 0.05) is 10.8 Å². The molecule has 0 N–H and O–H groups in total. The maximum absolute atomic E-state index is 11.8. The molecule has 0 bridgehead atoms. The Labute approximate surface area is 78.3 Å². The Bertz CT molecular complexity index is 361. The lowest BCUT2D eigenvalue weighted by Gasteiger charge is -2.01. The minimum absolute atomic E-state index is 0.0969. The summed E-state index contributed by atoms with van der Waals surface area (Å²) in [5, 5.41) is 0. The zero-order chi connectivity index (χ0) is 9.90. The Balaban J connectivity index is 2.96. The van der Waals surface area contributed by atoms with Gasteiger partial charge in [-0.15, -0.1) is 0 Å². The third kappa shape index (κ3) is 2.96. The zero-order valence-electron chi connectivity index (χ0n) is 6.35. The highest BCUT2D eigenvalue weighted by molar-refractivity contribution is 8.72. The van der Waals surface area contributed by atoms with Crippen LogP contribution < -0.4 is 0 Å². The highest BCUT2D eigenvalue weighted by atomic mass is 33.1. The van der Waals surface area contributed by atoms with Crippen LogP contribution in [0.3, 0.4) is 0 Å². The first-order chi connectivity index (χ1) is 6.02. The molecular weight excluding hydrogens is 218 g/mol. The van der Waals surface area contributed by atoms with Gasteiger partial charge < -0.3 is 0 Å². The predicted molar refractivity (Wildman–Crippen MR) is 47.2 cm³/mol. The second kappa shape index (κ2) is 4.06. The third-order valence-corrected chi connectivity index (χ3v) is 4.25. The van der Waals surface area contributed by atoms with Gasteiger partial charge in [-0.2, -0.15) is 8.78 Å². The maximum atomic E-state index is 11.8. The van der Waals surface area contributed by atoms with Gasteiger partial charge in [-0.05, 0) is 12.1 Å². The number of benzene rings is 1. The second-order valence-electron chi connectivity index (χ2n) is 2.12. The number of hydrogen-bond acceptors (Lipinski definition) is 3. The largest absolute Gasteiger partial charge is 0.298 e. The van der Waals surface area contributed by atoms with Gasteiger partial charge >= 0.3 is 0 Å². The summed E-state index contributed by atoms with van der Waals surface area (Å²) in [6, 6.07) is 7.15. The van der Waals surface area contributed by atoms with Crippen molar-refractivity contribution in [2.24, 2.45) is 0 Å². The van der Waals surface area contributed by atoms with Crippen LogP contribution in [-0.2, 0) is 8.87 Å². The average Bonchev–Trinajstić information content (AvgIpc) is 2.04. The SMILES string of the molecule is O=S(=O)(SC(F)F)c1ccccc1. The molecule has 1 aromatic carbocycles. The van der Waals surface area contributed by atoms with E-state index < -0.39 is 14.6 Å². The minimum atomic E-state index is -3.89. The summed E-state index contributed by atoms with van der Waals surface area (Å²) in [6.07, 6.45) is 0. The van der Waals surface area contributed by atoms with E-state index in [0.717, 1.165) is 0 Å². The summed E-state index contributed by atoms with van der Waals surface area (Å²) in [7, 11) is -4.24. The number of rotatable bonds is 3. The highest BCUT2D eigenvalue weighted by Gasteiger charge is 2.20. The van der Waals surface area contributed by atoms with Crippen LogP contribution in [0.2, 0.25) is 0 Å². The van der Waals surface area contributed by atoms with Gasteiger partial charge in [0.25, 0.3) is 5.76 Å². The highest BCUT2D eigenvalue weighted by Crippen LogP contribution is 2.28. The molecule has 0 heterocycles. The standard InChI is InChI=1S/C7H6F2O2S2/c8-7(9)12-13(10,11)6-4-2-1-3-5-6/h1-5,7H. The van der Waals surface area contributed by atoms with Crippen LogP contribution in [-0.4, -0.2) is 14.2 Å². The van der Waals surface area contributed by atoms with Gasteiger partial charge in [0.1, 0.15) is 0 Å². The fourth-order valence-electron chi connectivity index (χ4n) is 0.738. The van der Waals surface area contributed by atoms with Crippen LogP contribution in [0.15, 0.2) is 35.2 Å². The monoisotopic (exact) mass is 224 g/mol. The summed E-state index contributed by atoms with van der Waals surface area (Å²) < 4.78 is 45.9. The molecular formula is C7H6F2O2S2. The Morgan fingerprint density at radius 3 is 2.15 bits per heavy atom. The van der Waals surface area contributed by atoms with Crippen molar-refractivity contribution in [2.45, 2.75) is 10.7 Å². The van der Waals surface area contributed by atoms with Crippen LogP contribution in [0.4, 0.5) is 8.78 Å². The van der Waals surface area contributed by atoms with Gasteiger partial charge in [-0.25, -0.2) is 8.42 Å². The Kier molecular flexibility index (Phi) is 3.27. The van der Waals surface area contributed by atoms with Crippen molar-refractivity contribution in [3.05, 3.63) is 30.3 Å². The topological polar surface area (TPSA) is 34.1 Å². The summed E-state index contributed by atoms with van der Waals surface area (Å²) in [5.74, 6) is -2.91. The van der Waals surface area contributed by atoms with Crippen LogP contribution >= 0.6 is 10.8 Å². The van der Waals surface area contributed by atoms with E-state index in [0.29, 0.717) is 0 Å². The maximum Gasteiger partial charge on any atom is 0.298 e. The Morgan fingerprint density at radius 1 is 1.15 bits per heavy atom. The van der Waals surface area contributed by atoms with E-state index in [2.05, 4.69) is 0 Å². The van der Waals surface area contributed by atoms with E-state index >= 15 is 0 Å².